The molecule has 168 valence electrons. The molecule has 1 fully saturated rings. The molecule has 2 heterocycles. The fourth-order valence-electron chi connectivity index (χ4n) is 3.26. The molecule has 2 amide bonds. The Bertz CT molecular complexity index is 1020. The minimum absolute atomic E-state index is 0.00857. The van der Waals surface area contributed by atoms with E-state index in [1.807, 2.05) is 0 Å². The lowest BCUT2D eigenvalue weighted by atomic mass is 10.0. The summed E-state index contributed by atoms with van der Waals surface area (Å²) in [4.78, 5) is 54.8. The van der Waals surface area contributed by atoms with Crippen LogP contribution in [0, 0.1) is 0 Å². The van der Waals surface area contributed by atoms with Gasteiger partial charge in [0.25, 0.3) is 11.8 Å². The number of carbonyl (C=O) groups excluding carboxylic acids is 3. The zero-order valence-electron chi connectivity index (χ0n) is 17.3. The molecule has 1 saturated heterocycles. The van der Waals surface area contributed by atoms with Crippen LogP contribution in [0.2, 0.25) is 0 Å². The molecule has 0 aromatic heterocycles. The lowest BCUT2D eigenvalue weighted by Gasteiger charge is -2.49. The van der Waals surface area contributed by atoms with Crippen molar-refractivity contribution >= 4 is 41.2 Å². The minimum Gasteiger partial charge on any atom is -0.477 e. The number of hydrogen-bond acceptors (Lipinski definition) is 8. The van der Waals surface area contributed by atoms with Crippen LogP contribution in [0.1, 0.15) is 12.5 Å². The van der Waals surface area contributed by atoms with E-state index < -0.39 is 35.2 Å². The highest BCUT2D eigenvalue weighted by Gasteiger charge is 2.54. The lowest BCUT2D eigenvalue weighted by molar-refractivity contribution is -0.150. The Hall–Kier alpha value is -3.60. The number of nitrogens with zero attached hydrogens (tertiary/aromatic N) is 2. The van der Waals surface area contributed by atoms with Crippen LogP contribution in [0.3, 0.4) is 0 Å². The standard InChI is InChI=1S/C21H21N3O7S/c1-3-7-14(25)31-10-13-11-32-20-16(19(27)24(20)17(13)21(28)29)22-18(26)15(23-30-2)12-8-5-4-6-9-12/h3-9,16,20H,10-11H2,1-2H3,(H,22,26)(H,28,29)/b7-3+,23-15?/t16-,20-/m1/s1. The average molecular weight is 459 g/mol. The quantitative estimate of drug-likeness (QED) is 0.192. The Morgan fingerprint density at radius 2 is 2.03 bits per heavy atom. The number of fused-ring (bicyclic) bond motifs is 1. The van der Waals surface area contributed by atoms with Crippen molar-refractivity contribution in [3.63, 3.8) is 0 Å². The zero-order valence-corrected chi connectivity index (χ0v) is 18.1. The van der Waals surface area contributed by atoms with Crippen molar-refractivity contribution in [1.29, 1.82) is 0 Å². The normalized spacial score (nSPS) is 20.5. The van der Waals surface area contributed by atoms with Gasteiger partial charge in [-0.25, -0.2) is 9.59 Å². The first-order valence-electron chi connectivity index (χ1n) is 9.55. The second-order valence-corrected chi connectivity index (χ2v) is 7.82. The molecule has 3 rings (SSSR count). The summed E-state index contributed by atoms with van der Waals surface area (Å²) in [5.41, 5.74) is 0.570. The average Bonchev–Trinajstić information content (AvgIpc) is 2.79. The van der Waals surface area contributed by atoms with Gasteiger partial charge in [0.2, 0.25) is 0 Å². The Morgan fingerprint density at radius 3 is 2.66 bits per heavy atom. The molecule has 0 saturated carbocycles. The molecule has 0 radical (unpaired) electrons. The number of esters is 1. The van der Waals surface area contributed by atoms with Gasteiger partial charge in [-0.3, -0.25) is 14.5 Å². The number of benzene rings is 1. The highest BCUT2D eigenvalue weighted by Crippen LogP contribution is 2.40. The van der Waals surface area contributed by atoms with E-state index in [9.17, 15) is 24.3 Å². The van der Waals surface area contributed by atoms with Gasteiger partial charge in [-0.15, -0.1) is 11.8 Å². The van der Waals surface area contributed by atoms with E-state index in [-0.39, 0.29) is 23.8 Å². The Balaban J connectivity index is 1.75. The lowest BCUT2D eigenvalue weighted by Crippen LogP contribution is -2.71. The van der Waals surface area contributed by atoms with Gasteiger partial charge in [-0.1, -0.05) is 41.6 Å². The second kappa shape index (κ2) is 10.1. The summed E-state index contributed by atoms with van der Waals surface area (Å²) in [5.74, 6) is -2.89. The summed E-state index contributed by atoms with van der Waals surface area (Å²) < 4.78 is 5.05. The minimum atomic E-state index is -1.31. The van der Waals surface area contributed by atoms with E-state index in [4.69, 9.17) is 9.57 Å². The van der Waals surface area contributed by atoms with Gasteiger partial charge >= 0.3 is 11.9 Å². The number of carbonyl (C=O) groups is 4. The number of rotatable bonds is 8. The van der Waals surface area contributed by atoms with Crippen LogP contribution in [0.25, 0.3) is 0 Å². The van der Waals surface area contributed by atoms with Crippen molar-refractivity contribution in [1.82, 2.24) is 10.2 Å². The molecule has 2 aliphatic rings. The molecular weight excluding hydrogens is 438 g/mol. The number of nitrogens with one attached hydrogen (secondary N) is 1. The van der Waals surface area contributed by atoms with Crippen LogP contribution in [-0.4, -0.2) is 70.4 Å². The van der Waals surface area contributed by atoms with E-state index >= 15 is 0 Å². The summed E-state index contributed by atoms with van der Waals surface area (Å²) >= 11 is 1.27. The number of ether oxygens (including phenoxy) is 1. The summed E-state index contributed by atoms with van der Waals surface area (Å²) in [6, 6.07) is 7.67. The van der Waals surface area contributed by atoms with Gasteiger partial charge in [-0.2, -0.15) is 0 Å². The maximum Gasteiger partial charge on any atom is 0.352 e. The van der Waals surface area contributed by atoms with E-state index in [1.165, 1.54) is 31.0 Å². The highest BCUT2D eigenvalue weighted by atomic mass is 32.2. The van der Waals surface area contributed by atoms with Crippen molar-refractivity contribution in [3.8, 4) is 0 Å². The zero-order chi connectivity index (χ0) is 23.3. The van der Waals surface area contributed by atoms with Crippen molar-refractivity contribution < 1.29 is 33.9 Å². The predicted octanol–water partition coefficient (Wildman–Crippen LogP) is 0.895. The Kier molecular flexibility index (Phi) is 7.31. The topological polar surface area (TPSA) is 135 Å². The number of hydrogen-bond donors (Lipinski definition) is 2. The number of aliphatic carboxylic acids is 1. The van der Waals surface area contributed by atoms with Gasteiger partial charge in [0.15, 0.2) is 5.71 Å². The molecular formula is C21H21N3O7S. The molecule has 1 aromatic carbocycles. The van der Waals surface area contributed by atoms with Crippen molar-refractivity contribution in [2.24, 2.45) is 5.16 Å². The number of allylic oxidation sites excluding steroid dienone is 1. The number of amides is 2. The third kappa shape index (κ3) is 4.67. The fourth-order valence-corrected chi connectivity index (χ4v) is 4.59. The smallest absolute Gasteiger partial charge is 0.352 e. The maximum atomic E-state index is 12.8. The number of oxime groups is 1. The van der Waals surface area contributed by atoms with Crippen molar-refractivity contribution in [2.45, 2.75) is 18.3 Å². The number of carboxylic acid groups (broad SMARTS) is 1. The number of carboxylic acids is 1. The first-order chi connectivity index (χ1) is 15.4. The molecule has 2 aliphatic heterocycles. The van der Waals surface area contributed by atoms with Crippen LogP contribution in [0.4, 0.5) is 0 Å². The van der Waals surface area contributed by atoms with E-state index in [2.05, 4.69) is 10.5 Å². The Morgan fingerprint density at radius 1 is 1.31 bits per heavy atom. The third-order valence-electron chi connectivity index (χ3n) is 4.67. The van der Waals surface area contributed by atoms with Gasteiger partial charge < -0.3 is 20.0 Å². The third-order valence-corrected chi connectivity index (χ3v) is 6.01. The molecule has 0 spiro atoms. The number of β-lactam (4-membered cyclic amide) rings is 1. The van der Waals surface area contributed by atoms with Crippen LogP contribution >= 0.6 is 11.8 Å². The monoisotopic (exact) mass is 459 g/mol. The molecule has 10 nitrogen and oxygen atoms in total. The van der Waals surface area contributed by atoms with Crippen LogP contribution in [0.15, 0.2) is 58.9 Å². The summed E-state index contributed by atoms with van der Waals surface area (Å²) in [6.07, 6.45) is 2.72. The fraction of sp³-hybridized carbons (Fsp3) is 0.286. The first-order valence-corrected chi connectivity index (χ1v) is 10.6. The van der Waals surface area contributed by atoms with Crippen LogP contribution < -0.4 is 5.32 Å². The molecule has 0 aliphatic carbocycles. The predicted molar refractivity (Wildman–Crippen MR) is 115 cm³/mol. The molecule has 0 unspecified atom stereocenters. The van der Waals surface area contributed by atoms with Gasteiger partial charge in [-0.05, 0) is 6.92 Å². The molecule has 32 heavy (non-hydrogen) atoms. The SMILES string of the molecule is C/C=C/C(=O)OCC1=C(C(=O)O)N2C(=O)[C@@H](NC(=O)C(=NOC)c3ccccc3)[C@H]2SC1. The molecule has 0 bridgehead atoms. The summed E-state index contributed by atoms with van der Waals surface area (Å²) in [7, 11) is 1.30. The van der Waals surface area contributed by atoms with E-state index in [0.717, 1.165) is 4.90 Å². The first kappa shape index (κ1) is 23.1. The largest absolute Gasteiger partial charge is 0.477 e. The van der Waals surface area contributed by atoms with E-state index in [1.54, 1.807) is 37.3 Å². The van der Waals surface area contributed by atoms with Crippen molar-refractivity contribution in [3.05, 3.63) is 59.3 Å². The molecule has 1 aromatic rings. The molecule has 11 heteroatoms. The summed E-state index contributed by atoms with van der Waals surface area (Å²) in [6.45, 7) is 1.40. The molecule has 2 N–H and O–H groups in total. The van der Waals surface area contributed by atoms with E-state index in [0.29, 0.717) is 11.1 Å². The second-order valence-electron chi connectivity index (χ2n) is 6.71. The summed E-state index contributed by atoms with van der Waals surface area (Å²) in [5, 5.41) is 15.4. The van der Waals surface area contributed by atoms with Gasteiger partial charge in [0.1, 0.15) is 30.8 Å². The van der Waals surface area contributed by atoms with Gasteiger partial charge in [0, 0.05) is 23.0 Å². The maximum absolute atomic E-state index is 12.8. The van der Waals surface area contributed by atoms with Crippen LogP contribution in [-0.2, 0) is 28.8 Å². The van der Waals surface area contributed by atoms with Crippen LogP contribution in [0.5, 0.6) is 0 Å². The Labute approximate surface area is 187 Å². The number of thioether (sulfide) groups is 1. The highest BCUT2D eigenvalue weighted by molar-refractivity contribution is 8.00. The van der Waals surface area contributed by atoms with Gasteiger partial charge in [0.05, 0.1) is 0 Å². The molecule has 2 atom stereocenters. The van der Waals surface area contributed by atoms with Crippen molar-refractivity contribution in [2.75, 3.05) is 19.5 Å².